The maximum Gasteiger partial charge on any atom is 0.266 e. The average Bonchev–Trinajstić information content (AvgIpc) is 3.57. The number of halogens is 2. The van der Waals surface area contributed by atoms with E-state index in [0.717, 1.165) is 34.6 Å². The van der Waals surface area contributed by atoms with E-state index in [9.17, 15) is 9.59 Å². The van der Waals surface area contributed by atoms with E-state index in [1.807, 2.05) is 43.3 Å². The Hall–Kier alpha value is -2.24. The van der Waals surface area contributed by atoms with Crippen molar-refractivity contribution in [1.82, 2.24) is 8.75 Å². The van der Waals surface area contributed by atoms with E-state index in [0.29, 0.717) is 39.0 Å². The molecule has 1 aliphatic heterocycles. The van der Waals surface area contributed by atoms with Crippen molar-refractivity contribution < 1.29 is 9.59 Å². The molecule has 5 aromatic rings. The molecule has 0 radical (unpaired) electrons. The first kappa shape index (κ1) is 21.3. The minimum Gasteiger partial charge on any atom is -0.268 e. The molecule has 0 fully saturated rings. The highest BCUT2D eigenvalue weighted by Gasteiger charge is 2.43. The lowest BCUT2D eigenvalue weighted by molar-refractivity contribution is 0.0926. The van der Waals surface area contributed by atoms with Crippen molar-refractivity contribution in [3.05, 3.63) is 72.8 Å². The van der Waals surface area contributed by atoms with Gasteiger partial charge in [-0.05, 0) is 75.2 Å². The van der Waals surface area contributed by atoms with Crippen molar-refractivity contribution in [2.24, 2.45) is 0 Å². The summed E-state index contributed by atoms with van der Waals surface area (Å²) in [4.78, 5) is 30.8. The van der Waals surface area contributed by atoms with Crippen LogP contribution in [-0.2, 0) is 0 Å². The first-order chi connectivity index (χ1) is 15.9. The Balaban J connectivity index is 1.72. The van der Waals surface area contributed by atoms with Gasteiger partial charge in [0.15, 0.2) is 0 Å². The van der Waals surface area contributed by atoms with Crippen LogP contribution in [0, 0.1) is 6.92 Å². The van der Waals surface area contributed by atoms with E-state index in [-0.39, 0.29) is 11.8 Å². The molecule has 0 aliphatic carbocycles. The van der Waals surface area contributed by atoms with E-state index in [4.69, 9.17) is 0 Å². The van der Waals surface area contributed by atoms with Gasteiger partial charge in [-0.2, -0.15) is 8.75 Å². The molecule has 5 nitrogen and oxygen atoms in total. The minimum atomic E-state index is -0.342. The quantitative estimate of drug-likeness (QED) is 0.194. The Bertz CT molecular complexity index is 1510. The van der Waals surface area contributed by atoms with Crippen molar-refractivity contribution in [2.75, 3.05) is 4.90 Å². The number of hydrogen-bond donors (Lipinski definition) is 0. The van der Waals surface area contributed by atoms with Crippen LogP contribution in [0.5, 0.6) is 0 Å². The standard InChI is InChI=1S/C23H11Br2N3O2S3/c1-10-2-4-11(5-3-10)28-22(29)18-16(12-6-8-14(24)31-12)20-21(27-33-26-20)17(19(18)23(28)30)13-7-9-15(25)32-13/h2-9H,1H3. The summed E-state index contributed by atoms with van der Waals surface area (Å²) in [7, 11) is 0. The Morgan fingerprint density at radius 3 is 1.61 bits per heavy atom. The van der Waals surface area contributed by atoms with E-state index in [1.54, 1.807) is 12.1 Å². The SMILES string of the molecule is Cc1ccc(N2C(=O)c3c(c(-c4ccc(Br)s4)c4nsnc4c3-c3ccc(Br)s3)C2=O)cc1. The first-order valence-electron chi connectivity index (χ1n) is 9.73. The van der Waals surface area contributed by atoms with Crippen LogP contribution < -0.4 is 4.90 Å². The molecule has 0 spiro atoms. The molecule has 0 saturated carbocycles. The zero-order chi connectivity index (χ0) is 22.9. The van der Waals surface area contributed by atoms with Gasteiger partial charge in [0.2, 0.25) is 0 Å². The fraction of sp³-hybridized carbons (Fsp3) is 0.0435. The summed E-state index contributed by atoms with van der Waals surface area (Å²) < 4.78 is 11.0. The number of anilines is 1. The lowest BCUT2D eigenvalue weighted by atomic mass is 9.93. The number of benzene rings is 2. The van der Waals surface area contributed by atoms with Crippen LogP contribution in [0.15, 0.2) is 56.1 Å². The van der Waals surface area contributed by atoms with Gasteiger partial charge in [0, 0.05) is 20.9 Å². The fourth-order valence-corrected chi connectivity index (χ4v) is 7.49. The molecule has 0 atom stereocenters. The molecule has 2 amide bonds. The number of hydrogen-bond acceptors (Lipinski definition) is 7. The van der Waals surface area contributed by atoms with Crippen molar-refractivity contribution in [2.45, 2.75) is 6.92 Å². The van der Waals surface area contributed by atoms with Crippen LogP contribution in [0.2, 0.25) is 0 Å². The number of rotatable bonds is 3. The molecule has 3 aromatic heterocycles. The summed E-state index contributed by atoms with van der Waals surface area (Å²) in [6.45, 7) is 1.97. The number of thiophene rings is 2. The van der Waals surface area contributed by atoms with Gasteiger partial charge in [0.05, 0.1) is 36.1 Å². The van der Waals surface area contributed by atoms with Crippen molar-refractivity contribution in [3.63, 3.8) is 0 Å². The van der Waals surface area contributed by atoms with Crippen LogP contribution in [0.25, 0.3) is 31.9 Å². The third-order valence-corrected chi connectivity index (χ3v) is 9.29. The molecule has 1 aliphatic rings. The highest BCUT2D eigenvalue weighted by atomic mass is 79.9. The van der Waals surface area contributed by atoms with Gasteiger partial charge >= 0.3 is 0 Å². The molecule has 2 aromatic carbocycles. The lowest BCUT2D eigenvalue weighted by Crippen LogP contribution is -2.29. The highest BCUT2D eigenvalue weighted by Crippen LogP contribution is 2.48. The van der Waals surface area contributed by atoms with Crippen LogP contribution in [-0.4, -0.2) is 20.6 Å². The van der Waals surface area contributed by atoms with Gasteiger partial charge in [-0.1, -0.05) is 17.7 Å². The van der Waals surface area contributed by atoms with Crippen LogP contribution in [0.4, 0.5) is 5.69 Å². The molecule has 0 unspecified atom stereocenters. The average molecular weight is 617 g/mol. The Kier molecular flexibility index (Phi) is 5.11. The second kappa shape index (κ2) is 7.92. The van der Waals surface area contributed by atoms with Crippen LogP contribution >= 0.6 is 66.3 Å². The van der Waals surface area contributed by atoms with Gasteiger partial charge in [-0.3, -0.25) is 9.59 Å². The Morgan fingerprint density at radius 1 is 0.697 bits per heavy atom. The fourth-order valence-electron chi connectivity index (χ4n) is 4.05. The predicted molar refractivity (Wildman–Crippen MR) is 142 cm³/mol. The summed E-state index contributed by atoms with van der Waals surface area (Å²) in [5.74, 6) is -0.685. The highest BCUT2D eigenvalue weighted by molar-refractivity contribution is 9.11. The Labute approximate surface area is 217 Å². The second-order valence-electron chi connectivity index (χ2n) is 7.45. The Morgan fingerprint density at radius 2 is 1.18 bits per heavy atom. The van der Waals surface area contributed by atoms with Gasteiger partial charge in [-0.15, -0.1) is 22.7 Å². The summed E-state index contributed by atoms with van der Waals surface area (Å²) >= 11 is 11.1. The predicted octanol–water partition coefficient (Wildman–Crippen LogP) is 7.78. The number of aryl methyl sites for hydroxylation is 1. The van der Waals surface area contributed by atoms with E-state index >= 15 is 0 Å². The maximum absolute atomic E-state index is 13.9. The van der Waals surface area contributed by atoms with E-state index in [2.05, 4.69) is 40.6 Å². The van der Waals surface area contributed by atoms with Crippen LogP contribution in [0.3, 0.4) is 0 Å². The lowest BCUT2D eigenvalue weighted by Gasteiger charge is -2.14. The van der Waals surface area contributed by atoms with Crippen molar-refractivity contribution >= 4 is 94.8 Å². The first-order valence-corrected chi connectivity index (χ1v) is 13.7. The van der Waals surface area contributed by atoms with Gasteiger partial charge < -0.3 is 0 Å². The van der Waals surface area contributed by atoms with Gasteiger partial charge in [-0.25, -0.2) is 4.90 Å². The summed E-state index contributed by atoms with van der Waals surface area (Å²) in [6.07, 6.45) is 0. The molecule has 162 valence electrons. The van der Waals surface area contributed by atoms with Gasteiger partial charge in [0.1, 0.15) is 11.0 Å². The molecule has 6 rings (SSSR count). The molecule has 0 N–H and O–H groups in total. The van der Waals surface area contributed by atoms with Crippen LogP contribution in [0.1, 0.15) is 26.3 Å². The number of carbonyl (C=O) groups excluding carboxylic acids is 2. The number of carbonyl (C=O) groups is 2. The van der Waals surface area contributed by atoms with Gasteiger partial charge in [0.25, 0.3) is 11.8 Å². The number of aromatic nitrogens is 2. The smallest absolute Gasteiger partial charge is 0.266 e. The van der Waals surface area contributed by atoms with E-state index < -0.39 is 0 Å². The topological polar surface area (TPSA) is 63.2 Å². The summed E-state index contributed by atoms with van der Waals surface area (Å²) in [5.41, 5.74) is 4.97. The van der Waals surface area contributed by atoms with Crippen molar-refractivity contribution in [3.8, 4) is 20.9 Å². The third-order valence-electron chi connectivity index (χ3n) is 5.48. The molecule has 4 heterocycles. The molecule has 0 bridgehead atoms. The molecular formula is C23H11Br2N3O2S3. The second-order valence-corrected chi connectivity index (χ2v) is 12.9. The number of fused-ring (bicyclic) bond motifs is 2. The number of nitrogens with zero attached hydrogens (tertiary/aromatic N) is 3. The van der Waals surface area contributed by atoms with E-state index in [1.165, 1.54) is 27.6 Å². The zero-order valence-electron chi connectivity index (χ0n) is 16.8. The number of amides is 2. The summed E-state index contributed by atoms with van der Waals surface area (Å²) in [5, 5.41) is 0. The zero-order valence-corrected chi connectivity index (χ0v) is 22.4. The largest absolute Gasteiger partial charge is 0.268 e. The normalized spacial score (nSPS) is 13.4. The maximum atomic E-state index is 13.9. The molecular weight excluding hydrogens is 606 g/mol. The third kappa shape index (κ3) is 3.27. The number of imide groups is 1. The monoisotopic (exact) mass is 615 g/mol. The molecule has 10 heteroatoms. The molecule has 33 heavy (non-hydrogen) atoms. The molecule has 0 saturated heterocycles. The van der Waals surface area contributed by atoms with Crippen molar-refractivity contribution in [1.29, 1.82) is 0 Å². The summed E-state index contributed by atoms with van der Waals surface area (Å²) in [6, 6.07) is 15.1. The minimum absolute atomic E-state index is 0.342.